The van der Waals surface area contributed by atoms with Crippen molar-refractivity contribution in [1.29, 1.82) is 0 Å². The van der Waals surface area contributed by atoms with Gasteiger partial charge in [-0.3, -0.25) is 4.79 Å². The van der Waals surface area contributed by atoms with E-state index in [4.69, 9.17) is 14.7 Å². The molecule has 1 amide bonds. The normalized spacial score (nSPS) is 18.8. The van der Waals surface area contributed by atoms with Gasteiger partial charge in [0.1, 0.15) is 16.3 Å². The van der Waals surface area contributed by atoms with Gasteiger partial charge in [-0.15, -0.1) is 0 Å². The lowest BCUT2D eigenvalue weighted by molar-refractivity contribution is 0.0530. The van der Waals surface area contributed by atoms with Crippen molar-refractivity contribution in [1.82, 2.24) is 15.3 Å². The number of piperidine rings is 1. The molecule has 11 heteroatoms. The van der Waals surface area contributed by atoms with E-state index >= 15 is 0 Å². The summed E-state index contributed by atoms with van der Waals surface area (Å²) in [4.78, 5) is 35.0. The van der Waals surface area contributed by atoms with Crippen molar-refractivity contribution >= 4 is 34.6 Å². The van der Waals surface area contributed by atoms with Gasteiger partial charge in [-0.2, -0.15) is 0 Å². The van der Waals surface area contributed by atoms with E-state index in [1.54, 1.807) is 14.0 Å². The number of nitrogens with zero attached hydrogens (tertiary/aromatic N) is 3. The van der Waals surface area contributed by atoms with Gasteiger partial charge in [-0.1, -0.05) is 16.5 Å². The second-order valence-corrected chi connectivity index (χ2v) is 8.62. The summed E-state index contributed by atoms with van der Waals surface area (Å²) in [6, 6.07) is -0.171. The first-order chi connectivity index (χ1) is 15.3. The lowest BCUT2D eigenvalue weighted by atomic mass is 10.0. The molecule has 1 aliphatic heterocycles. The highest BCUT2D eigenvalue weighted by molar-refractivity contribution is 7.17. The van der Waals surface area contributed by atoms with Crippen LogP contribution in [-0.4, -0.2) is 72.2 Å². The third kappa shape index (κ3) is 4.78. The third-order valence-corrected chi connectivity index (χ3v) is 6.88. The first-order valence-corrected chi connectivity index (χ1v) is 11.2. The average Bonchev–Trinajstić information content (AvgIpc) is 3.31. The van der Waals surface area contributed by atoms with Crippen LogP contribution in [0.1, 0.15) is 56.0 Å². The number of ether oxygens (including phenoxy) is 2. The molecular weight excluding hydrogens is 434 g/mol. The van der Waals surface area contributed by atoms with Crippen molar-refractivity contribution < 1.29 is 24.3 Å². The number of nitrogens with one attached hydrogen (secondary N) is 2. The highest BCUT2D eigenvalue weighted by atomic mass is 32.1. The Labute approximate surface area is 190 Å². The van der Waals surface area contributed by atoms with Crippen molar-refractivity contribution in [3.8, 4) is 0 Å². The van der Waals surface area contributed by atoms with Gasteiger partial charge in [0.15, 0.2) is 5.13 Å². The van der Waals surface area contributed by atoms with Gasteiger partial charge < -0.3 is 29.9 Å². The molecule has 1 fully saturated rings. The Balaban J connectivity index is 1.74. The summed E-state index contributed by atoms with van der Waals surface area (Å²) in [5.74, 6) is -0.664. The quantitative estimate of drug-likeness (QED) is 0.249. The third-order valence-electron chi connectivity index (χ3n) is 5.77. The Hall–Kier alpha value is -2.92. The standard InChI is InChI=1S/C21H29N5O5S/c1-6-31-20(28)18-15(9-22-29)25-21(32-18)26-8-7-14(16(10-26)30-5)24-19(27)17-12(3)11(2)13(4)23-17/h9,14,16,23,29H,6-8,10H2,1-5H3,(H,24,27)/b22-9+. The number of methoxy groups -OCH3 is 1. The van der Waals surface area contributed by atoms with E-state index in [1.807, 2.05) is 25.7 Å². The summed E-state index contributed by atoms with van der Waals surface area (Å²) in [5, 5.41) is 15.6. The molecule has 174 valence electrons. The molecular formula is C21H29N5O5S. The Morgan fingerprint density at radius 1 is 1.38 bits per heavy atom. The minimum absolute atomic E-state index is 0.153. The van der Waals surface area contributed by atoms with Crippen LogP contribution in [0.15, 0.2) is 5.16 Å². The zero-order chi connectivity index (χ0) is 23.4. The number of esters is 1. The molecule has 1 aliphatic rings. The zero-order valence-corrected chi connectivity index (χ0v) is 19.7. The maximum absolute atomic E-state index is 12.9. The number of aromatic amines is 1. The Kier molecular flexibility index (Phi) is 7.52. The molecule has 0 aliphatic carbocycles. The largest absolute Gasteiger partial charge is 0.462 e. The van der Waals surface area contributed by atoms with Crippen molar-refractivity contribution in [2.75, 3.05) is 31.7 Å². The number of anilines is 1. The van der Waals surface area contributed by atoms with Crippen LogP contribution in [0.25, 0.3) is 0 Å². The maximum atomic E-state index is 12.9. The van der Waals surface area contributed by atoms with Crippen LogP contribution in [0, 0.1) is 20.8 Å². The molecule has 0 radical (unpaired) electrons. The molecule has 3 heterocycles. The molecule has 32 heavy (non-hydrogen) atoms. The predicted octanol–water partition coefficient (Wildman–Crippen LogP) is 2.40. The number of carbonyl (C=O) groups excluding carboxylic acids is 2. The second kappa shape index (κ2) is 10.1. The maximum Gasteiger partial charge on any atom is 0.350 e. The number of aryl methyl sites for hydroxylation is 1. The lowest BCUT2D eigenvalue weighted by Crippen LogP contribution is -2.55. The molecule has 2 aromatic rings. The molecule has 2 aromatic heterocycles. The van der Waals surface area contributed by atoms with Gasteiger partial charge in [0.2, 0.25) is 0 Å². The van der Waals surface area contributed by atoms with Crippen LogP contribution in [0.2, 0.25) is 0 Å². The topological polar surface area (TPSA) is 129 Å². The number of amides is 1. The van der Waals surface area contributed by atoms with E-state index in [0.717, 1.165) is 23.0 Å². The van der Waals surface area contributed by atoms with E-state index in [9.17, 15) is 9.59 Å². The molecule has 2 atom stereocenters. The fourth-order valence-corrected chi connectivity index (χ4v) is 4.71. The average molecular weight is 464 g/mol. The van der Waals surface area contributed by atoms with Crippen LogP contribution in [-0.2, 0) is 9.47 Å². The van der Waals surface area contributed by atoms with Gasteiger partial charge >= 0.3 is 5.97 Å². The number of H-pyrrole nitrogens is 1. The van der Waals surface area contributed by atoms with Gasteiger partial charge in [-0.05, 0) is 45.2 Å². The number of hydrogen-bond acceptors (Lipinski definition) is 9. The van der Waals surface area contributed by atoms with Crippen molar-refractivity contribution in [3.05, 3.63) is 33.1 Å². The molecule has 0 saturated carbocycles. The van der Waals surface area contributed by atoms with Crippen LogP contribution in [0.5, 0.6) is 0 Å². The van der Waals surface area contributed by atoms with Gasteiger partial charge in [0.25, 0.3) is 5.91 Å². The van der Waals surface area contributed by atoms with E-state index in [2.05, 4.69) is 20.4 Å². The van der Waals surface area contributed by atoms with E-state index in [-0.39, 0.29) is 35.2 Å². The van der Waals surface area contributed by atoms with E-state index in [1.165, 1.54) is 11.3 Å². The summed E-state index contributed by atoms with van der Waals surface area (Å²) in [7, 11) is 1.61. The van der Waals surface area contributed by atoms with Crippen molar-refractivity contribution in [3.63, 3.8) is 0 Å². The second-order valence-electron chi connectivity index (χ2n) is 7.64. The molecule has 0 bridgehead atoms. The van der Waals surface area contributed by atoms with Crippen LogP contribution < -0.4 is 10.2 Å². The highest BCUT2D eigenvalue weighted by Crippen LogP contribution is 2.29. The molecule has 1 saturated heterocycles. The predicted molar refractivity (Wildman–Crippen MR) is 121 cm³/mol. The minimum atomic E-state index is -0.511. The number of hydrogen-bond donors (Lipinski definition) is 3. The van der Waals surface area contributed by atoms with Crippen molar-refractivity contribution in [2.24, 2.45) is 5.16 Å². The smallest absolute Gasteiger partial charge is 0.350 e. The number of rotatable bonds is 7. The van der Waals surface area contributed by atoms with Crippen LogP contribution in [0.3, 0.4) is 0 Å². The summed E-state index contributed by atoms with van der Waals surface area (Å²) in [6.45, 7) is 8.91. The number of oxime groups is 1. The fraction of sp³-hybridized carbons (Fsp3) is 0.524. The zero-order valence-electron chi connectivity index (χ0n) is 18.9. The van der Waals surface area contributed by atoms with E-state index < -0.39 is 5.97 Å². The molecule has 0 spiro atoms. The fourth-order valence-electron chi connectivity index (χ4n) is 3.75. The van der Waals surface area contributed by atoms with Crippen LogP contribution >= 0.6 is 11.3 Å². The molecule has 3 rings (SSSR count). The van der Waals surface area contributed by atoms with Gasteiger partial charge in [0, 0.05) is 25.9 Å². The molecule has 2 unspecified atom stereocenters. The van der Waals surface area contributed by atoms with E-state index in [0.29, 0.717) is 30.3 Å². The summed E-state index contributed by atoms with van der Waals surface area (Å²) >= 11 is 1.17. The van der Waals surface area contributed by atoms with Crippen molar-refractivity contribution in [2.45, 2.75) is 46.3 Å². The van der Waals surface area contributed by atoms with Gasteiger partial charge in [-0.25, -0.2) is 9.78 Å². The number of carbonyl (C=O) groups is 2. The summed E-state index contributed by atoms with van der Waals surface area (Å²) in [5.41, 5.74) is 3.83. The monoisotopic (exact) mass is 463 g/mol. The Bertz CT molecular complexity index is 1010. The number of aromatic nitrogens is 2. The molecule has 3 N–H and O–H groups in total. The Morgan fingerprint density at radius 3 is 2.72 bits per heavy atom. The SMILES string of the molecule is CCOC(=O)c1sc(N2CCC(NC(=O)c3[nH]c(C)c(C)c3C)C(OC)C2)nc1/C=N/O. The minimum Gasteiger partial charge on any atom is -0.462 e. The van der Waals surface area contributed by atoms with Crippen LogP contribution in [0.4, 0.5) is 5.13 Å². The first kappa shape index (κ1) is 23.7. The number of thiazole rings is 1. The van der Waals surface area contributed by atoms with Gasteiger partial charge in [0.05, 0.1) is 25.0 Å². The Morgan fingerprint density at radius 2 is 2.12 bits per heavy atom. The molecule has 10 nitrogen and oxygen atoms in total. The summed E-state index contributed by atoms with van der Waals surface area (Å²) in [6.07, 6.45) is 1.49. The summed E-state index contributed by atoms with van der Waals surface area (Å²) < 4.78 is 10.7. The molecule has 0 aromatic carbocycles. The lowest BCUT2D eigenvalue weighted by Gasteiger charge is -2.37. The highest BCUT2D eigenvalue weighted by Gasteiger charge is 2.33. The first-order valence-electron chi connectivity index (χ1n) is 10.4.